The second-order valence-corrected chi connectivity index (χ2v) is 3.13. The first-order valence-corrected chi connectivity index (χ1v) is 3.93. The summed E-state index contributed by atoms with van der Waals surface area (Å²) in [6, 6.07) is 1.45. The van der Waals surface area contributed by atoms with Gasteiger partial charge in [-0.15, -0.1) is 11.3 Å². The molecule has 0 aliphatic heterocycles. The van der Waals surface area contributed by atoms with Gasteiger partial charge in [-0.1, -0.05) is 0 Å². The van der Waals surface area contributed by atoms with Crippen LogP contribution in [0.25, 0.3) is 0 Å². The molecule has 2 radical (unpaired) electrons. The van der Waals surface area contributed by atoms with E-state index in [4.69, 9.17) is 7.85 Å². The molecule has 0 unspecified atom stereocenters. The number of ether oxygens (including phenoxy) is 1. The van der Waals surface area contributed by atoms with Crippen molar-refractivity contribution in [2.75, 3.05) is 7.11 Å². The molecule has 5 heteroatoms. The fourth-order valence-electron chi connectivity index (χ4n) is 0.765. The van der Waals surface area contributed by atoms with E-state index in [1.807, 2.05) is 0 Å². The van der Waals surface area contributed by atoms with Crippen molar-refractivity contribution in [3.63, 3.8) is 0 Å². The highest BCUT2D eigenvalue weighted by Crippen LogP contribution is 2.12. The van der Waals surface area contributed by atoms with Crippen LogP contribution in [0.2, 0.25) is 0 Å². The molecule has 1 heterocycles. The molecule has 1 aromatic heterocycles. The zero-order chi connectivity index (χ0) is 9.14. The number of aldehydes is 1. The Hall–Kier alpha value is -1.10. The molecule has 0 fully saturated rings. The minimum absolute atomic E-state index is 0.255. The Labute approximate surface area is 74.8 Å². The smallest absolute Gasteiger partial charge is 0.348 e. The van der Waals surface area contributed by atoms with E-state index >= 15 is 0 Å². The van der Waals surface area contributed by atoms with Gasteiger partial charge in [0.05, 0.1) is 7.11 Å². The molecule has 0 aliphatic carbocycles. The first kappa shape index (κ1) is 9.00. The Balaban J connectivity index is 3.12. The van der Waals surface area contributed by atoms with Crippen LogP contribution < -0.4 is 4.78 Å². The van der Waals surface area contributed by atoms with E-state index < -0.39 is 5.97 Å². The Morgan fingerprint density at radius 2 is 2.42 bits per heavy atom. The topological polar surface area (TPSA) is 43.4 Å². The molecule has 0 aliphatic rings. The van der Waals surface area contributed by atoms with Crippen LogP contribution in [0, 0.1) is 0 Å². The highest BCUT2D eigenvalue weighted by atomic mass is 32.1. The van der Waals surface area contributed by atoms with Gasteiger partial charge in [0.2, 0.25) is 0 Å². The number of carbonyl (C=O) groups is 2. The van der Waals surface area contributed by atoms with E-state index in [0.717, 1.165) is 11.3 Å². The Morgan fingerprint density at radius 3 is 2.92 bits per heavy atom. The van der Waals surface area contributed by atoms with Crippen molar-refractivity contribution in [2.24, 2.45) is 0 Å². The van der Waals surface area contributed by atoms with Gasteiger partial charge in [0, 0.05) is 5.56 Å². The van der Waals surface area contributed by atoms with Crippen molar-refractivity contribution in [1.29, 1.82) is 0 Å². The molecule has 0 amide bonds. The molecule has 0 bridgehead atoms. The minimum atomic E-state index is -0.529. The lowest BCUT2D eigenvalue weighted by molar-refractivity contribution is 0.0604. The quantitative estimate of drug-likeness (QED) is 0.369. The normalized spacial score (nSPS) is 9.42. The molecular formula is C7H5BO3S. The summed E-state index contributed by atoms with van der Waals surface area (Å²) in [6.07, 6.45) is 0.582. The molecule has 0 saturated carbocycles. The third-order valence-corrected chi connectivity index (χ3v) is 2.24. The maximum Gasteiger partial charge on any atom is 0.348 e. The van der Waals surface area contributed by atoms with E-state index in [1.165, 1.54) is 13.2 Å². The van der Waals surface area contributed by atoms with Crippen LogP contribution in [0.15, 0.2) is 6.07 Å². The van der Waals surface area contributed by atoms with Crippen LogP contribution >= 0.6 is 11.3 Å². The lowest BCUT2D eigenvalue weighted by Crippen LogP contribution is -2.00. The van der Waals surface area contributed by atoms with Gasteiger partial charge in [-0.3, -0.25) is 4.79 Å². The van der Waals surface area contributed by atoms with Crippen molar-refractivity contribution in [3.05, 3.63) is 16.5 Å². The highest BCUT2D eigenvalue weighted by Gasteiger charge is 2.13. The van der Waals surface area contributed by atoms with Crippen molar-refractivity contribution < 1.29 is 14.3 Å². The summed E-state index contributed by atoms with van der Waals surface area (Å²) in [5, 5.41) is 0. The predicted molar refractivity (Wildman–Crippen MR) is 46.4 cm³/mol. The van der Waals surface area contributed by atoms with Gasteiger partial charge in [-0.05, 0) is 10.8 Å². The SMILES string of the molecule is [B]c1cc(C=O)c(C(=O)OC)s1. The summed E-state index contributed by atoms with van der Waals surface area (Å²) in [5.74, 6) is -0.529. The summed E-state index contributed by atoms with van der Waals surface area (Å²) >= 11 is 1.04. The molecule has 0 spiro atoms. The third-order valence-electron chi connectivity index (χ3n) is 1.28. The van der Waals surface area contributed by atoms with Crippen molar-refractivity contribution in [3.8, 4) is 0 Å². The first-order chi connectivity index (χ1) is 5.69. The van der Waals surface area contributed by atoms with Gasteiger partial charge in [0.15, 0.2) is 6.29 Å². The predicted octanol–water partition coefficient (Wildman–Crippen LogP) is 0.141. The number of esters is 1. The Morgan fingerprint density at radius 1 is 1.75 bits per heavy atom. The van der Waals surface area contributed by atoms with E-state index in [2.05, 4.69) is 4.74 Å². The van der Waals surface area contributed by atoms with Gasteiger partial charge in [0.1, 0.15) is 12.7 Å². The molecule has 0 atom stereocenters. The minimum Gasteiger partial charge on any atom is -0.465 e. The van der Waals surface area contributed by atoms with Crippen LogP contribution in [0.3, 0.4) is 0 Å². The van der Waals surface area contributed by atoms with Crippen LogP contribution in [-0.2, 0) is 4.74 Å². The second kappa shape index (κ2) is 3.54. The summed E-state index contributed by atoms with van der Waals surface area (Å²) in [6.45, 7) is 0. The Kier molecular flexibility index (Phi) is 2.65. The summed E-state index contributed by atoms with van der Waals surface area (Å²) in [4.78, 5) is 21.6. The Bertz CT molecular complexity index is 318. The van der Waals surface area contributed by atoms with Gasteiger partial charge < -0.3 is 4.74 Å². The van der Waals surface area contributed by atoms with Crippen LogP contribution in [0.1, 0.15) is 20.0 Å². The molecule has 0 saturated heterocycles. The maximum absolute atomic E-state index is 11.0. The average molecular weight is 180 g/mol. The monoisotopic (exact) mass is 180 g/mol. The van der Waals surface area contributed by atoms with Gasteiger partial charge in [-0.2, -0.15) is 0 Å². The van der Waals surface area contributed by atoms with Gasteiger partial charge in [-0.25, -0.2) is 4.79 Å². The van der Waals surface area contributed by atoms with Gasteiger partial charge >= 0.3 is 5.97 Å². The molecule has 1 rings (SSSR count). The number of methoxy groups -OCH3 is 1. The van der Waals surface area contributed by atoms with E-state index in [1.54, 1.807) is 0 Å². The average Bonchev–Trinajstić information content (AvgIpc) is 2.45. The zero-order valence-electron chi connectivity index (χ0n) is 6.37. The fourth-order valence-corrected chi connectivity index (χ4v) is 1.58. The summed E-state index contributed by atoms with van der Waals surface area (Å²) in [5.41, 5.74) is 0.282. The second-order valence-electron chi connectivity index (χ2n) is 2.04. The molecule has 60 valence electrons. The number of carbonyl (C=O) groups excluding carboxylic acids is 2. The molecule has 12 heavy (non-hydrogen) atoms. The van der Waals surface area contributed by atoms with E-state index in [0.29, 0.717) is 11.1 Å². The van der Waals surface area contributed by atoms with E-state index in [9.17, 15) is 9.59 Å². The molecular weight excluding hydrogens is 175 g/mol. The van der Waals surface area contributed by atoms with Crippen molar-refractivity contribution >= 4 is 36.2 Å². The van der Waals surface area contributed by atoms with E-state index in [-0.39, 0.29) is 10.4 Å². The molecule has 0 N–H and O–H groups in total. The van der Waals surface area contributed by atoms with Crippen LogP contribution in [0.5, 0.6) is 0 Å². The fraction of sp³-hybridized carbons (Fsp3) is 0.143. The summed E-state index contributed by atoms with van der Waals surface area (Å²) < 4.78 is 4.88. The van der Waals surface area contributed by atoms with Crippen molar-refractivity contribution in [2.45, 2.75) is 0 Å². The highest BCUT2D eigenvalue weighted by molar-refractivity contribution is 7.22. The number of thiophene rings is 1. The summed E-state index contributed by atoms with van der Waals surface area (Å²) in [7, 11) is 6.66. The number of rotatable bonds is 2. The largest absolute Gasteiger partial charge is 0.465 e. The molecule has 0 aromatic carbocycles. The molecule has 1 aromatic rings. The maximum atomic E-state index is 11.0. The standard InChI is InChI=1S/C7H5BO3S/c1-11-7(10)6-4(3-9)2-5(8)12-6/h2-3H,1H3. The lowest BCUT2D eigenvalue weighted by atomic mass is 10.1. The van der Waals surface area contributed by atoms with Gasteiger partial charge in [0.25, 0.3) is 0 Å². The van der Waals surface area contributed by atoms with Crippen LogP contribution in [-0.4, -0.2) is 27.2 Å². The third kappa shape index (κ3) is 1.56. The lowest BCUT2D eigenvalue weighted by Gasteiger charge is -1.93. The van der Waals surface area contributed by atoms with Crippen LogP contribution in [0.4, 0.5) is 0 Å². The van der Waals surface area contributed by atoms with Crippen molar-refractivity contribution in [1.82, 2.24) is 0 Å². The number of hydrogen-bond donors (Lipinski definition) is 0. The zero-order valence-corrected chi connectivity index (χ0v) is 7.18. The number of hydrogen-bond acceptors (Lipinski definition) is 4. The first-order valence-electron chi connectivity index (χ1n) is 3.12. The molecule has 3 nitrogen and oxygen atoms in total.